The van der Waals surface area contributed by atoms with Gasteiger partial charge in [0.05, 0.1) is 0 Å². The Balaban J connectivity index is 2.05. The summed E-state index contributed by atoms with van der Waals surface area (Å²) >= 11 is 0. The Morgan fingerprint density at radius 2 is 1.62 bits per heavy atom. The number of nitrogens with one attached hydrogen (secondary N) is 1. The zero-order valence-corrected chi connectivity index (χ0v) is 10.5. The van der Waals surface area contributed by atoms with Crippen molar-refractivity contribution in [3.63, 3.8) is 0 Å². The number of benzene rings is 2. The number of anilines is 1. The van der Waals surface area contributed by atoms with Crippen molar-refractivity contribution in [1.82, 2.24) is 0 Å². The predicted molar refractivity (Wildman–Crippen MR) is 66.7 cm³/mol. The molecule has 0 heterocycles. The maximum absolute atomic E-state index is 13.4. The first-order chi connectivity index (χ1) is 9.94. The molecule has 0 atom stereocenters. The van der Waals surface area contributed by atoms with E-state index in [2.05, 4.69) is 10.1 Å². The molecule has 0 aliphatic heterocycles. The standard InChI is InChI=1S/C14H10F5NO/c15-9-3-8(4-10(16)5-9)7-20-11-1-2-13(12(17)6-11)21-14(18)19/h1-6,14,20H,7H2. The van der Waals surface area contributed by atoms with Crippen molar-refractivity contribution >= 4 is 5.69 Å². The Hall–Kier alpha value is -2.31. The third-order valence-electron chi connectivity index (χ3n) is 2.57. The third kappa shape index (κ3) is 4.34. The van der Waals surface area contributed by atoms with E-state index in [-0.39, 0.29) is 12.2 Å². The zero-order chi connectivity index (χ0) is 15.4. The second kappa shape index (κ2) is 6.43. The summed E-state index contributed by atoms with van der Waals surface area (Å²) in [6, 6.07) is 6.29. The molecule has 0 amide bonds. The molecule has 0 saturated carbocycles. The normalized spacial score (nSPS) is 10.8. The lowest BCUT2D eigenvalue weighted by Gasteiger charge is -2.10. The Morgan fingerprint density at radius 1 is 0.952 bits per heavy atom. The Morgan fingerprint density at radius 3 is 2.19 bits per heavy atom. The molecule has 112 valence electrons. The van der Waals surface area contributed by atoms with Crippen LogP contribution in [0.5, 0.6) is 5.75 Å². The zero-order valence-electron chi connectivity index (χ0n) is 10.5. The first kappa shape index (κ1) is 15.1. The van der Waals surface area contributed by atoms with Gasteiger partial charge in [-0.3, -0.25) is 0 Å². The molecule has 0 radical (unpaired) electrons. The van der Waals surface area contributed by atoms with Crippen LogP contribution in [-0.4, -0.2) is 6.61 Å². The first-order valence-corrected chi connectivity index (χ1v) is 5.87. The molecule has 0 fully saturated rings. The molecule has 0 aromatic heterocycles. The van der Waals surface area contributed by atoms with E-state index in [0.717, 1.165) is 30.3 Å². The number of rotatable bonds is 5. The van der Waals surface area contributed by atoms with E-state index in [1.54, 1.807) is 0 Å². The van der Waals surface area contributed by atoms with Crippen LogP contribution in [0.25, 0.3) is 0 Å². The fraction of sp³-hybridized carbons (Fsp3) is 0.143. The molecule has 2 aromatic carbocycles. The van der Waals surface area contributed by atoms with Crippen molar-refractivity contribution in [2.24, 2.45) is 0 Å². The molecule has 21 heavy (non-hydrogen) atoms. The topological polar surface area (TPSA) is 21.3 Å². The number of hydrogen-bond acceptors (Lipinski definition) is 2. The summed E-state index contributed by atoms with van der Waals surface area (Å²) in [7, 11) is 0. The Kier molecular flexibility index (Phi) is 4.62. The van der Waals surface area contributed by atoms with E-state index in [9.17, 15) is 22.0 Å². The van der Waals surface area contributed by atoms with Crippen LogP contribution in [-0.2, 0) is 6.54 Å². The summed E-state index contributed by atoms with van der Waals surface area (Å²) in [6.45, 7) is -3.07. The van der Waals surface area contributed by atoms with Gasteiger partial charge < -0.3 is 10.1 Å². The van der Waals surface area contributed by atoms with Gasteiger partial charge in [0, 0.05) is 24.4 Å². The fourth-order valence-corrected chi connectivity index (χ4v) is 1.72. The summed E-state index contributed by atoms with van der Waals surface area (Å²) in [4.78, 5) is 0. The van der Waals surface area contributed by atoms with Crippen molar-refractivity contribution in [2.45, 2.75) is 13.2 Å². The number of halogens is 5. The predicted octanol–water partition coefficient (Wildman–Crippen LogP) is 4.32. The van der Waals surface area contributed by atoms with E-state index in [4.69, 9.17) is 0 Å². The highest BCUT2D eigenvalue weighted by molar-refractivity contribution is 5.47. The van der Waals surface area contributed by atoms with Crippen LogP contribution >= 0.6 is 0 Å². The average molecular weight is 303 g/mol. The Bertz CT molecular complexity index is 613. The molecule has 0 saturated heterocycles. The molecule has 0 aliphatic carbocycles. The lowest BCUT2D eigenvalue weighted by atomic mass is 10.2. The molecule has 0 bridgehead atoms. The second-order valence-electron chi connectivity index (χ2n) is 4.15. The lowest BCUT2D eigenvalue weighted by Crippen LogP contribution is -2.05. The van der Waals surface area contributed by atoms with Crippen LogP contribution < -0.4 is 10.1 Å². The van der Waals surface area contributed by atoms with Gasteiger partial charge in [0.2, 0.25) is 0 Å². The van der Waals surface area contributed by atoms with Gasteiger partial charge in [0.25, 0.3) is 0 Å². The van der Waals surface area contributed by atoms with Crippen LogP contribution in [0.2, 0.25) is 0 Å². The van der Waals surface area contributed by atoms with E-state index in [1.807, 2.05) is 0 Å². The molecular formula is C14H10F5NO. The number of ether oxygens (including phenoxy) is 1. The van der Waals surface area contributed by atoms with E-state index in [0.29, 0.717) is 5.56 Å². The molecule has 2 rings (SSSR count). The average Bonchev–Trinajstić information content (AvgIpc) is 2.38. The lowest BCUT2D eigenvalue weighted by molar-refractivity contribution is -0.0521. The van der Waals surface area contributed by atoms with Crippen molar-refractivity contribution < 1.29 is 26.7 Å². The first-order valence-electron chi connectivity index (χ1n) is 5.87. The van der Waals surface area contributed by atoms with Gasteiger partial charge in [-0.05, 0) is 29.8 Å². The summed E-state index contributed by atoms with van der Waals surface area (Å²) < 4.78 is 67.3. The summed E-state index contributed by atoms with van der Waals surface area (Å²) in [6.07, 6.45) is 0. The minimum absolute atomic E-state index is 0.0448. The van der Waals surface area contributed by atoms with Gasteiger partial charge in [-0.15, -0.1) is 0 Å². The fourth-order valence-electron chi connectivity index (χ4n) is 1.72. The van der Waals surface area contributed by atoms with E-state index >= 15 is 0 Å². The highest BCUT2D eigenvalue weighted by atomic mass is 19.3. The molecule has 0 aliphatic rings. The van der Waals surface area contributed by atoms with Crippen molar-refractivity contribution in [1.29, 1.82) is 0 Å². The molecule has 7 heteroatoms. The monoisotopic (exact) mass is 303 g/mol. The molecular weight excluding hydrogens is 293 g/mol. The number of hydrogen-bond donors (Lipinski definition) is 1. The summed E-state index contributed by atoms with van der Waals surface area (Å²) in [5.74, 6) is -2.99. The minimum atomic E-state index is -3.12. The van der Waals surface area contributed by atoms with Gasteiger partial charge >= 0.3 is 6.61 Å². The van der Waals surface area contributed by atoms with E-state index < -0.39 is 29.8 Å². The maximum Gasteiger partial charge on any atom is 0.387 e. The van der Waals surface area contributed by atoms with E-state index in [1.165, 1.54) is 6.07 Å². The molecule has 1 N–H and O–H groups in total. The van der Waals surface area contributed by atoms with Gasteiger partial charge in [0.15, 0.2) is 11.6 Å². The van der Waals surface area contributed by atoms with Crippen molar-refractivity contribution in [3.8, 4) is 5.75 Å². The highest BCUT2D eigenvalue weighted by Crippen LogP contribution is 2.23. The smallest absolute Gasteiger partial charge is 0.387 e. The van der Waals surface area contributed by atoms with Crippen LogP contribution in [0.15, 0.2) is 36.4 Å². The van der Waals surface area contributed by atoms with Gasteiger partial charge in [0.1, 0.15) is 11.6 Å². The van der Waals surface area contributed by atoms with Gasteiger partial charge in [-0.2, -0.15) is 8.78 Å². The molecule has 0 spiro atoms. The maximum atomic E-state index is 13.4. The van der Waals surface area contributed by atoms with Crippen molar-refractivity contribution in [3.05, 3.63) is 59.4 Å². The largest absolute Gasteiger partial charge is 0.432 e. The minimum Gasteiger partial charge on any atom is -0.432 e. The third-order valence-corrected chi connectivity index (χ3v) is 2.57. The van der Waals surface area contributed by atoms with Gasteiger partial charge in [-0.25, -0.2) is 13.2 Å². The van der Waals surface area contributed by atoms with Gasteiger partial charge in [-0.1, -0.05) is 0 Å². The van der Waals surface area contributed by atoms with Crippen molar-refractivity contribution in [2.75, 3.05) is 5.32 Å². The van der Waals surface area contributed by atoms with Crippen LogP contribution in [0.4, 0.5) is 27.6 Å². The molecule has 2 aromatic rings. The highest BCUT2D eigenvalue weighted by Gasteiger charge is 2.10. The van der Waals surface area contributed by atoms with Crippen LogP contribution in [0.1, 0.15) is 5.56 Å². The van der Waals surface area contributed by atoms with Crippen LogP contribution in [0.3, 0.4) is 0 Å². The SMILES string of the molecule is Fc1cc(F)cc(CNc2ccc(OC(F)F)c(F)c2)c1. The molecule has 0 unspecified atom stereocenters. The Labute approximate surface area is 117 Å². The van der Waals surface area contributed by atoms with Crippen LogP contribution in [0, 0.1) is 17.5 Å². The number of alkyl halides is 2. The second-order valence-corrected chi connectivity index (χ2v) is 4.15. The molecule has 2 nitrogen and oxygen atoms in total. The quantitative estimate of drug-likeness (QED) is 0.831. The summed E-state index contributed by atoms with van der Waals surface area (Å²) in [5.41, 5.74) is 0.583. The summed E-state index contributed by atoms with van der Waals surface area (Å²) in [5, 5.41) is 2.72.